The summed E-state index contributed by atoms with van der Waals surface area (Å²) < 4.78 is 1.43. The molecule has 0 unspecified atom stereocenters. The Morgan fingerprint density at radius 1 is 0.968 bits per heavy atom. The minimum atomic E-state index is -0.232. The van der Waals surface area contributed by atoms with Crippen molar-refractivity contribution in [2.24, 2.45) is 0 Å². The van der Waals surface area contributed by atoms with Crippen molar-refractivity contribution >= 4 is 34.1 Å². The van der Waals surface area contributed by atoms with Crippen LogP contribution in [0.1, 0.15) is 15.9 Å². The lowest BCUT2D eigenvalue weighted by Crippen LogP contribution is -2.48. The number of benzene rings is 2. The zero-order valence-electron chi connectivity index (χ0n) is 16.9. The molecule has 0 spiro atoms. The highest BCUT2D eigenvalue weighted by atomic mass is 35.5. The third-order valence-corrected chi connectivity index (χ3v) is 5.96. The van der Waals surface area contributed by atoms with Crippen molar-refractivity contribution in [2.45, 2.75) is 6.54 Å². The van der Waals surface area contributed by atoms with E-state index >= 15 is 0 Å². The van der Waals surface area contributed by atoms with Gasteiger partial charge < -0.3 is 4.90 Å². The number of rotatable bonds is 3. The number of halogens is 1. The Hall–Kier alpha value is -3.22. The molecule has 0 aliphatic carbocycles. The fourth-order valence-electron chi connectivity index (χ4n) is 4.04. The first-order chi connectivity index (χ1) is 15.1. The first-order valence-corrected chi connectivity index (χ1v) is 10.6. The Bertz CT molecular complexity index is 1330. The third kappa shape index (κ3) is 3.92. The van der Waals surface area contributed by atoms with E-state index in [0.29, 0.717) is 40.2 Å². The molecule has 0 radical (unpaired) electrons. The predicted octanol–water partition coefficient (Wildman–Crippen LogP) is 3.46. The van der Waals surface area contributed by atoms with Gasteiger partial charge in [-0.1, -0.05) is 41.9 Å². The molecule has 31 heavy (non-hydrogen) atoms. The van der Waals surface area contributed by atoms with Crippen molar-refractivity contribution in [3.05, 3.63) is 93.4 Å². The maximum absolute atomic E-state index is 13.1. The predicted molar refractivity (Wildman–Crippen MR) is 122 cm³/mol. The summed E-state index contributed by atoms with van der Waals surface area (Å²) in [5.74, 6) is -0.0700. The van der Waals surface area contributed by atoms with E-state index in [1.54, 1.807) is 36.5 Å². The van der Waals surface area contributed by atoms with Gasteiger partial charge in [-0.2, -0.15) is 0 Å². The Morgan fingerprint density at radius 3 is 2.52 bits per heavy atom. The lowest BCUT2D eigenvalue weighted by molar-refractivity contribution is 0.0628. The van der Waals surface area contributed by atoms with Crippen LogP contribution in [0.25, 0.3) is 16.6 Å². The van der Waals surface area contributed by atoms with Gasteiger partial charge in [0.2, 0.25) is 0 Å². The van der Waals surface area contributed by atoms with Crippen molar-refractivity contribution in [1.82, 2.24) is 19.2 Å². The number of carbonyl (C=O) groups excluding carboxylic acids is 1. The van der Waals surface area contributed by atoms with E-state index in [-0.39, 0.29) is 11.5 Å². The molecule has 1 saturated heterocycles. The van der Waals surface area contributed by atoms with Gasteiger partial charge in [-0.3, -0.25) is 18.9 Å². The highest BCUT2D eigenvalue weighted by Gasteiger charge is 2.22. The lowest BCUT2D eigenvalue weighted by atomic mass is 10.2. The smallest absolute Gasteiger partial charge is 0.265 e. The molecular weight excluding hydrogens is 412 g/mol. The maximum Gasteiger partial charge on any atom is 0.265 e. The van der Waals surface area contributed by atoms with E-state index in [1.807, 2.05) is 23.1 Å². The number of hydrogen-bond donors (Lipinski definition) is 0. The molecule has 7 heteroatoms. The highest BCUT2D eigenvalue weighted by Crippen LogP contribution is 2.17. The van der Waals surface area contributed by atoms with Gasteiger partial charge in [0.15, 0.2) is 0 Å². The molecule has 2 aromatic heterocycles. The van der Waals surface area contributed by atoms with Crippen molar-refractivity contribution in [1.29, 1.82) is 0 Å². The SMILES string of the molecule is O=C(c1ccc2nc3ccc(Cl)cc3c(=O)n2c1)N1CCN(Cc2ccccc2)CC1. The zero-order valence-corrected chi connectivity index (χ0v) is 17.6. The van der Waals surface area contributed by atoms with Crippen molar-refractivity contribution in [3.63, 3.8) is 0 Å². The second-order valence-electron chi connectivity index (χ2n) is 7.78. The number of nitrogens with zero attached hydrogens (tertiary/aromatic N) is 4. The zero-order chi connectivity index (χ0) is 21.4. The van der Waals surface area contributed by atoms with E-state index < -0.39 is 0 Å². The number of piperazine rings is 1. The van der Waals surface area contributed by atoms with E-state index in [2.05, 4.69) is 22.0 Å². The van der Waals surface area contributed by atoms with Gasteiger partial charge in [-0.25, -0.2) is 4.98 Å². The molecule has 1 aliphatic rings. The quantitative estimate of drug-likeness (QED) is 0.465. The molecule has 3 heterocycles. The van der Waals surface area contributed by atoms with E-state index in [0.717, 1.165) is 19.6 Å². The van der Waals surface area contributed by atoms with Crippen molar-refractivity contribution < 1.29 is 4.79 Å². The maximum atomic E-state index is 13.1. The first-order valence-electron chi connectivity index (χ1n) is 10.3. The number of carbonyl (C=O) groups is 1. The molecule has 0 bridgehead atoms. The Morgan fingerprint density at radius 2 is 1.74 bits per heavy atom. The number of amides is 1. The molecule has 0 N–H and O–H groups in total. The molecular formula is C24H21ClN4O2. The van der Waals surface area contributed by atoms with Crippen LogP contribution in [0.3, 0.4) is 0 Å². The lowest BCUT2D eigenvalue weighted by Gasteiger charge is -2.34. The van der Waals surface area contributed by atoms with Crippen LogP contribution >= 0.6 is 11.6 Å². The molecule has 1 amide bonds. The molecule has 2 aromatic carbocycles. The van der Waals surface area contributed by atoms with Crippen LogP contribution in [0.4, 0.5) is 0 Å². The van der Waals surface area contributed by atoms with Gasteiger partial charge in [-0.15, -0.1) is 0 Å². The van der Waals surface area contributed by atoms with Crippen LogP contribution in [-0.2, 0) is 6.54 Å². The molecule has 6 nitrogen and oxygen atoms in total. The van der Waals surface area contributed by atoms with Gasteiger partial charge >= 0.3 is 0 Å². The Balaban J connectivity index is 1.36. The summed E-state index contributed by atoms with van der Waals surface area (Å²) >= 11 is 6.05. The molecule has 0 atom stereocenters. The van der Waals surface area contributed by atoms with Crippen LogP contribution in [0.2, 0.25) is 5.02 Å². The molecule has 156 valence electrons. The monoisotopic (exact) mass is 432 g/mol. The largest absolute Gasteiger partial charge is 0.336 e. The van der Waals surface area contributed by atoms with Crippen molar-refractivity contribution in [2.75, 3.05) is 26.2 Å². The number of aromatic nitrogens is 2. The second kappa shape index (κ2) is 8.13. The summed E-state index contributed by atoms with van der Waals surface area (Å²) in [6, 6.07) is 18.9. The van der Waals surface area contributed by atoms with E-state index in [4.69, 9.17) is 11.6 Å². The fraction of sp³-hybridized carbons (Fsp3) is 0.208. The van der Waals surface area contributed by atoms with Gasteiger partial charge in [0, 0.05) is 43.9 Å². The summed E-state index contributed by atoms with van der Waals surface area (Å²) in [6.45, 7) is 3.83. The van der Waals surface area contributed by atoms with Gasteiger partial charge in [0.05, 0.1) is 16.5 Å². The summed E-state index contributed by atoms with van der Waals surface area (Å²) in [6.07, 6.45) is 1.59. The fourth-order valence-corrected chi connectivity index (χ4v) is 4.21. The number of pyridine rings is 1. The minimum Gasteiger partial charge on any atom is -0.336 e. The minimum absolute atomic E-state index is 0.0700. The van der Waals surface area contributed by atoms with Crippen LogP contribution in [-0.4, -0.2) is 51.3 Å². The Kier molecular flexibility index (Phi) is 5.18. The van der Waals surface area contributed by atoms with Crippen LogP contribution in [0.15, 0.2) is 71.7 Å². The molecule has 5 rings (SSSR count). The van der Waals surface area contributed by atoms with Crippen LogP contribution in [0.5, 0.6) is 0 Å². The second-order valence-corrected chi connectivity index (χ2v) is 8.21. The topological polar surface area (TPSA) is 57.9 Å². The van der Waals surface area contributed by atoms with E-state index in [1.165, 1.54) is 9.96 Å². The van der Waals surface area contributed by atoms with Crippen LogP contribution in [0, 0.1) is 0 Å². The standard InChI is InChI=1S/C24H21ClN4O2/c25-19-7-8-21-20(14-19)24(31)29-16-18(6-9-22(29)26-21)23(30)28-12-10-27(11-13-28)15-17-4-2-1-3-5-17/h1-9,14,16H,10-13,15H2. The summed E-state index contributed by atoms with van der Waals surface area (Å²) in [5.41, 5.74) is 2.61. The number of hydrogen-bond acceptors (Lipinski definition) is 4. The third-order valence-electron chi connectivity index (χ3n) is 5.73. The van der Waals surface area contributed by atoms with E-state index in [9.17, 15) is 9.59 Å². The first kappa shape index (κ1) is 19.7. The van der Waals surface area contributed by atoms with Gasteiger partial charge in [0.25, 0.3) is 11.5 Å². The van der Waals surface area contributed by atoms with Crippen LogP contribution < -0.4 is 5.56 Å². The molecule has 1 aliphatic heterocycles. The molecule has 4 aromatic rings. The average molecular weight is 433 g/mol. The molecule has 1 fully saturated rings. The molecule has 0 saturated carbocycles. The average Bonchev–Trinajstić information content (AvgIpc) is 2.80. The van der Waals surface area contributed by atoms with Gasteiger partial charge in [-0.05, 0) is 35.9 Å². The normalized spacial score (nSPS) is 14.9. The summed E-state index contributed by atoms with van der Waals surface area (Å²) in [4.78, 5) is 34.7. The Labute approximate surface area is 184 Å². The highest BCUT2D eigenvalue weighted by molar-refractivity contribution is 6.31. The number of fused-ring (bicyclic) bond motifs is 2. The van der Waals surface area contributed by atoms with Gasteiger partial charge in [0.1, 0.15) is 5.65 Å². The van der Waals surface area contributed by atoms with Crippen molar-refractivity contribution in [3.8, 4) is 0 Å². The summed E-state index contributed by atoms with van der Waals surface area (Å²) in [5, 5.41) is 0.913. The summed E-state index contributed by atoms with van der Waals surface area (Å²) in [7, 11) is 0.